The van der Waals surface area contributed by atoms with Gasteiger partial charge in [0.1, 0.15) is 12.2 Å². The van der Waals surface area contributed by atoms with E-state index in [-0.39, 0.29) is 6.10 Å². The van der Waals surface area contributed by atoms with Crippen molar-refractivity contribution >= 4 is 6.21 Å². The lowest BCUT2D eigenvalue weighted by Gasteiger charge is -2.23. The molecule has 2 N–H and O–H groups in total. The molecule has 5 nitrogen and oxygen atoms in total. The lowest BCUT2D eigenvalue weighted by atomic mass is 9.94. The molecule has 1 heterocycles. The molecule has 1 aromatic rings. The standard InChI is InChI=1S/C13H16N4O/c14-7-10-1-4-12(16-8-10)9-17-18-13-5-2-11(15)3-6-13/h1,4,8-9,11,13H,2-3,5-6,15H2. The van der Waals surface area contributed by atoms with Gasteiger partial charge in [-0.1, -0.05) is 5.16 Å². The fourth-order valence-corrected chi connectivity index (χ4v) is 1.91. The number of oxime groups is 1. The van der Waals surface area contributed by atoms with Crippen molar-refractivity contribution in [1.82, 2.24) is 4.98 Å². The highest BCUT2D eigenvalue weighted by molar-refractivity contribution is 5.76. The summed E-state index contributed by atoms with van der Waals surface area (Å²) in [5.74, 6) is 0. The SMILES string of the molecule is N#Cc1ccc(C=NOC2CCC(N)CC2)nc1. The average Bonchev–Trinajstić information content (AvgIpc) is 2.42. The van der Waals surface area contributed by atoms with Crippen molar-refractivity contribution in [3.05, 3.63) is 29.6 Å². The summed E-state index contributed by atoms with van der Waals surface area (Å²) in [5, 5.41) is 12.6. The van der Waals surface area contributed by atoms with E-state index in [9.17, 15) is 0 Å². The van der Waals surface area contributed by atoms with Crippen molar-refractivity contribution in [2.24, 2.45) is 10.9 Å². The number of nitrogens with zero attached hydrogens (tertiary/aromatic N) is 3. The minimum atomic E-state index is 0.166. The highest BCUT2D eigenvalue weighted by Crippen LogP contribution is 2.19. The summed E-state index contributed by atoms with van der Waals surface area (Å²) in [7, 11) is 0. The summed E-state index contributed by atoms with van der Waals surface area (Å²) in [4.78, 5) is 9.47. The van der Waals surface area contributed by atoms with Crippen LogP contribution in [0.2, 0.25) is 0 Å². The van der Waals surface area contributed by atoms with Gasteiger partial charge >= 0.3 is 0 Å². The Hall–Kier alpha value is -1.93. The van der Waals surface area contributed by atoms with Crippen molar-refractivity contribution in [2.75, 3.05) is 0 Å². The van der Waals surface area contributed by atoms with E-state index < -0.39 is 0 Å². The number of nitriles is 1. The smallest absolute Gasteiger partial charge is 0.127 e. The molecule has 0 amide bonds. The maximum absolute atomic E-state index is 8.64. The van der Waals surface area contributed by atoms with Gasteiger partial charge in [0.2, 0.25) is 0 Å². The maximum Gasteiger partial charge on any atom is 0.127 e. The van der Waals surface area contributed by atoms with Crippen LogP contribution in [0.15, 0.2) is 23.5 Å². The van der Waals surface area contributed by atoms with E-state index in [0.717, 1.165) is 25.7 Å². The molecule has 0 unspecified atom stereocenters. The molecule has 1 saturated carbocycles. The first kappa shape index (κ1) is 12.5. The molecule has 0 saturated heterocycles. The quantitative estimate of drug-likeness (QED) is 0.646. The van der Waals surface area contributed by atoms with Gasteiger partial charge in [-0.25, -0.2) is 0 Å². The number of pyridine rings is 1. The molecule has 1 aliphatic carbocycles. The Kier molecular flexibility index (Phi) is 4.26. The number of rotatable bonds is 3. The molecule has 18 heavy (non-hydrogen) atoms. The Labute approximate surface area is 106 Å². The molecule has 94 valence electrons. The fourth-order valence-electron chi connectivity index (χ4n) is 1.91. The first-order chi connectivity index (χ1) is 8.78. The monoisotopic (exact) mass is 244 g/mol. The van der Waals surface area contributed by atoms with Crippen molar-refractivity contribution in [2.45, 2.75) is 37.8 Å². The van der Waals surface area contributed by atoms with Crippen LogP contribution in [0.5, 0.6) is 0 Å². The van der Waals surface area contributed by atoms with E-state index in [1.54, 1.807) is 18.3 Å². The van der Waals surface area contributed by atoms with E-state index >= 15 is 0 Å². The lowest BCUT2D eigenvalue weighted by Crippen LogP contribution is -2.29. The molecule has 5 heteroatoms. The number of hydrogen-bond acceptors (Lipinski definition) is 5. The van der Waals surface area contributed by atoms with Gasteiger partial charge in [0, 0.05) is 12.2 Å². The third-order valence-corrected chi connectivity index (χ3v) is 3.03. The van der Waals surface area contributed by atoms with Crippen LogP contribution in [-0.2, 0) is 4.84 Å². The number of hydrogen-bond donors (Lipinski definition) is 1. The topological polar surface area (TPSA) is 84.3 Å². The van der Waals surface area contributed by atoms with Crippen LogP contribution >= 0.6 is 0 Å². The first-order valence-electron chi connectivity index (χ1n) is 6.09. The Morgan fingerprint density at radius 2 is 2.17 bits per heavy atom. The number of nitrogens with two attached hydrogens (primary N) is 1. The zero-order valence-electron chi connectivity index (χ0n) is 10.1. The first-order valence-corrected chi connectivity index (χ1v) is 6.09. The maximum atomic E-state index is 8.64. The van der Waals surface area contributed by atoms with Crippen LogP contribution < -0.4 is 5.73 Å². The van der Waals surface area contributed by atoms with Gasteiger partial charge in [0.05, 0.1) is 17.5 Å². The Morgan fingerprint density at radius 3 is 2.78 bits per heavy atom. The zero-order chi connectivity index (χ0) is 12.8. The van der Waals surface area contributed by atoms with Crippen LogP contribution in [-0.4, -0.2) is 23.3 Å². The summed E-state index contributed by atoms with van der Waals surface area (Å²) in [5.41, 5.74) is 7.03. The summed E-state index contributed by atoms with van der Waals surface area (Å²) in [6, 6.07) is 5.77. The Morgan fingerprint density at radius 1 is 1.39 bits per heavy atom. The fraction of sp³-hybridized carbons (Fsp3) is 0.462. The highest BCUT2D eigenvalue weighted by Gasteiger charge is 2.19. The molecule has 0 bridgehead atoms. The number of aromatic nitrogens is 1. The van der Waals surface area contributed by atoms with Crippen molar-refractivity contribution in [3.63, 3.8) is 0 Å². The van der Waals surface area contributed by atoms with Crippen LogP contribution in [0.4, 0.5) is 0 Å². The van der Waals surface area contributed by atoms with Crippen LogP contribution in [0.25, 0.3) is 0 Å². The molecule has 1 fully saturated rings. The predicted molar refractivity (Wildman–Crippen MR) is 67.9 cm³/mol. The molecule has 0 spiro atoms. The highest BCUT2D eigenvalue weighted by atomic mass is 16.6. The van der Waals surface area contributed by atoms with Crippen molar-refractivity contribution in [3.8, 4) is 6.07 Å². The summed E-state index contributed by atoms with van der Waals surface area (Å²) < 4.78 is 0. The summed E-state index contributed by atoms with van der Waals surface area (Å²) >= 11 is 0. The molecule has 1 aromatic heterocycles. The minimum Gasteiger partial charge on any atom is -0.392 e. The molecule has 1 aliphatic rings. The van der Waals surface area contributed by atoms with Crippen LogP contribution in [0.1, 0.15) is 36.9 Å². The van der Waals surface area contributed by atoms with Gasteiger partial charge in [0.25, 0.3) is 0 Å². The molecule has 0 aromatic carbocycles. The summed E-state index contributed by atoms with van der Waals surface area (Å²) in [6.45, 7) is 0. The lowest BCUT2D eigenvalue weighted by molar-refractivity contribution is 0.0305. The molecule has 0 aliphatic heterocycles. The van der Waals surface area contributed by atoms with Gasteiger partial charge < -0.3 is 10.6 Å². The zero-order valence-corrected chi connectivity index (χ0v) is 10.1. The van der Waals surface area contributed by atoms with Gasteiger partial charge in [-0.2, -0.15) is 5.26 Å². The second-order valence-corrected chi connectivity index (χ2v) is 4.46. The van der Waals surface area contributed by atoms with Crippen LogP contribution in [0, 0.1) is 11.3 Å². The minimum absolute atomic E-state index is 0.166. The second-order valence-electron chi connectivity index (χ2n) is 4.46. The van der Waals surface area contributed by atoms with E-state index in [2.05, 4.69) is 10.1 Å². The molecular weight excluding hydrogens is 228 g/mol. The van der Waals surface area contributed by atoms with Crippen molar-refractivity contribution < 1.29 is 4.84 Å². The summed E-state index contributed by atoms with van der Waals surface area (Å²) in [6.07, 6.45) is 7.15. The van der Waals surface area contributed by atoms with E-state index in [1.165, 1.54) is 6.20 Å². The van der Waals surface area contributed by atoms with E-state index in [4.69, 9.17) is 15.8 Å². The second kappa shape index (κ2) is 6.12. The molecule has 0 atom stereocenters. The van der Waals surface area contributed by atoms with Crippen molar-refractivity contribution in [1.29, 1.82) is 5.26 Å². The molecule has 0 radical (unpaired) electrons. The Balaban J connectivity index is 1.82. The Bertz CT molecular complexity index is 441. The molecular formula is C13H16N4O. The normalized spacial score (nSPS) is 23.8. The van der Waals surface area contributed by atoms with E-state index in [0.29, 0.717) is 17.3 Å². The largest absolute Gasteiger partial charge is 0.392 e. The van der Waals surface area contributed by atoms with Gasteiger partial charge in [-0.3, -0.25) is 4.98 Å². The van der Waals surface area contributed by atoms with Crippen LogP contribution in [0.3, 0.4) is 0 Å². The third kappa shape index (κ3) is 3.54. The van der Waals surface area contributed by atoms with Gasteiger partial charge in [-0.05, 0) is 37.8 Å². The average molecular weight is 244 g/mol. The van der Waals surface area contributed by atoms with Gasteiger partial charge in [0.15, 0.2) is 0 Å². The molecule has 2 rings (SSSR count). The van der Waals surface area contributed by atoms with E-state index in [1.807, 2.05) is 6.07 Å². The predicted octanol–water partition coefficient (Wildman–Crippen LogP) is 1.57. The van der Waals surface area contributed by atoms with Gasteiger partial charge in [-0.15, -0.1) is 0 Å². The third-order valence-electron chi connectivity index (χ3n) is 3.03.